The van der Waals surface area contributed by atoms with Gasteiger partial charge in [-0.3, -0.25) is 14.3 Å². The Hall–Kier alpha value is -2.66. The lowest BCUT2D eigenvalue weighted by atomic mass is 9.47. The Kier molecular flexibility index (Phi) is 4.89. The monoisotopic (exact) mass is 436 g/mol. The van der Waals surface area contributed by atoms with E-state index in [4.69, 9.17) is 16.7 Å². The molecule has 3 aromatic rings. The molecule has 2 aliphatic carbocycles. The summed E-state index contributed by atoms with van der Waals surface area (Å²) in [4.78, 5) is 24.3. The van der Waals surface area contributed by atoms with Crippen LogP contribution in [0.3, 0.4) is 0 Å². The molecule has 160 valence electrons. The minimum Gasteiger partial charge on any atom is -0.481 e. The van der Waals surface area contributed by atoms with Crippen molar-refractivity contribution in [3.63, 3.8) is 0 Å². The van der Waals surface area contributed by atoms with Crippen molar-refractivity contribution in [1.29, 1.82) is 0 Å². The SMILES string of the molecule is Cc1ccc(Cn2ncc3c(Cl)ccc(C(=O)CC4CC5(C4)CC(C(=O)O)C5)c32)cc1. The first-order valence-electron chi connectivity index (χ1n) is 10.8. The van der Waals surface area contributed by atoms with Gasteiger partial charge in [0.2, 0.25) is 0 Å². The van der Waals surface area contributed by atoms with Crippen LogP contribution in [-0.2, 0) is 11.3 Å². The topological polar surface area (TPSA) is 72.2 Å². The van der Waals surface area contributed by atoms with Gasteiger partial charge in [-0.1, -0.05) is 41.4 Å². The summed E-state index contributed by atoms with van der Waals surface area (Å²) in [6.07, 6.45) is 5.68. The number of carboxylic acid groups (broad SMARTS) is 1. The first kappa shape index (κ1) is 20.3. The van der Waals surface area contributed by atoms with E-state index in [1.54, 1.807) is 12.3 Å². The van der Waals surface area contributed by atoms with Crippen LogP contribution < -0.4 is 0 Å². The van der Waals surface area contributed by atoms with Gasteiger partial charge < -0.3 is 5.11 Å². The third-order valence-corrected chi connectivity index (χ3v) is 7.46. The second-order valence-corrected chi connectivity index (χ2v) is 9.90. The van der Waals surface area contributed by atoms with Crippen molar-refractivity contribution in [3.05, 3.63) is 64.3 Å². The molecule has 0 radical (unpaired) electrons. The summed E-state index contributed by atoms with van der Waals surface area (Å²) in [5.74, 6) is -0.429. The van der Waals surface area contributed by atoms with Gasteiger partial charge in [0, 0.05) is 17.4 Å². The number of benzene rings is 2. The van der Waals surface area contributed by atoms with E-state index in [1.807, 2.05) is 10.7 Å². The standard InChI is InChI=1S/C25H25ClN2O3/c1-15-2-4-16(5-3-15)14-28-23-19(6-7-21(26)20(23)13-27-28)22(29)8-17-9-25(10-17)11-18(12-25)24(30)31/h2-7,13,17-18H,8-12,14H2,1H3,(H,30,31). The van der Waals surface area contributed by atoms with Crippen LogP contribution in [0.5, 0.6) is 0 Å². The van der Waals surface area contributed by atoms with Crippen molar-refractivity contribution in [2.75, 3.05) is 0 Å². The fraction of sp³-hybridized carbons (Fsp3) is 0.400. The van der Waals surface area contributed by atoms with Gasteiger partial charge in [0.15, 0.2) is 5.78 Å². The molecular formula is C25H25ClN2O3. The number of nitrogens with zero attached hydrogens (tertiary/aromatic N) is 2. The number of Topliss-reactive ketones (excluding diaryl/α,β-unsaturated/α-hetero) is 1. The fourth-order valence-electron chi connectivity index (χ4n) is 5.56. The summed E-state index contributed by atoms with van der Waals surface area (Å²) in [6.45, 7) is 2.63. The van der Waals surface area contributed by atoms with Gasteiger partial charge in [0.1, 0.15) is 0 Å². The normalized spacial score (nSPS) is 24.7. The van der Waals surface area contributed by atoms with E-state index < -0.39 is 5.97 Å². The molecule has 2 saturated carbocycles. The van der Waals surface area contributed by atoms with Crippen LogP contribution in [0.4, 0.5) is 0 Å². The molecule has 1 N–H and O–H groups in total. The number of ketones is 1. The molecule has 0 saturated heterocycles. The van der Waals surface area contributed by atoms with Gasteiger partial charge in [-0.25, -0.2) is 0 Å². The zero-order valence-corrected chi connectivity index (χ0v) is 18.2. The van der Waals surface area contributed by atoms with Gasteiger partial charge in [0.05, 0.1) is 29.2 Å². The zero-order valence-electron chi connectivity index (χ0n) is 17.5. The summed E-state index contributed by atoms with van der Waals surface area (Å²) in [5.41, 5.74) is 3.96. The van der Waals surface area contributed by atoms with Gasteiger partial charge in [0.25, 0.3) is 0 Å². The Morgan fingerprint density at radius 2 is 1.84 bits per heavy atom. The van der Waals surface area contributed by atoms with Crippen LogP contribution in [0, 0.1) is 24.2 Å². The number of hydrogen-bond donors (Lipinski definition) is 1. The Morgan fingerprint density at radius 1 is 1.13 bits per heavy atom. The quantitative estimate of drug-likeness (QED) is 0.517. The molecule has 1 spiro atoms. The highest BCUT2D eigenvalue weighted by Crippen LogP contribution is 2.62. The molecule has 0 atom stereocenters. The van der Waals surface area contributed by atoms with Crippen molar-refractivity contribution in [3.8, 4) is 0 Å². The van der Waals surface area contributed by atoms with Crippen LogP contribution in [0.2, 0.25) is 5.02 Å². The van der Waals surface area contributed by atoms with E-state index in [-0.39, 0.29) is 17.1 Å². The molecule has 2 aromatic carbocycles. The second-order valence-electron chi connectivity index (χ2n) is 9.49. The Labute approximate surface area is 186 Å². The van der Waals surface area contributed by atoms with Gasteiger partial charge >= 0.3 is 5.97 Å². The van der Waals surface area contributed by atoms with E-state index in [0.717, 1.165) is 42.1 Å². The van der Waals surface area contributed by atoms with Gasteiger partial charge in [-0.05, 0) is 61.6 Å². The summed E-state index contributed by atoms with van der Waals surface area (Å²) in [5, 5.41) is 15.0. The molecule has 2 fully saturated rings. The third-order valence-electron chi connectivity index (χ3n) is 7.13. The summed E-state index contributed by atoms with van der Waals surface area (Å²) >= 11 is 6.41. The molecule has 5 rings (SSSR count). The van der Waals surface area contributed by atoms with Crippen LogP contribution in [0.25, 0.3) is 10.9 Å². The number of aliphatic carboxylic acids is 1. The molecule has 2 aliphatic rings. The number of carbonyl (C=O) groups is 2. The number of hydrogen-bond acceptors (Lipinski definition) is 3. The van der Waals surface area contributed by atoms with Crippen molar-refractivity contribution in [2.45, 2.75) is 45.6 Å². The average Bonchev–Trinajstić information content (AvgIpc) is 3.09. The largest absolute Gasteiger partial charge is 0.481 e. The molecule has 0 amide bonds. The van der Waals surface area contributed by atoms with E-state index in [1.165, 1.54) is 5.56 Å². The third kappa shape index (κ3) is 3.65. The minimum atomic E-state index is -0.685. The first-order chi connectivity index (χ1) is 14.8. The van der Waals surface area contributed by atoms with Crippen molar-refractivity contribution < 1.29 is 14.7 Å². The maximum Gasteiger partial charge on any atom is 0.306 e. The highest BCUT2D eigenvalue weighted by Gasteiger charge is 2.54. The van der Waals surface area contributed by atoms with E-state index in [0.29, 0.717) is 29.5 Å². The molecule has 6 heteroatoms. The van der Waals surface area contributed by atoms with Crippen molar-refractivity contribution in [2.24, 2.45) is 17.3 Å². The zero-order chi connectivity index (χ0) is 21.8. The van der Waals surface area contributed by atoms with Crippen LogP contribution >= 0.6 is 11.6 Å². The van der Waals surface area contributed by atoms with E-state index >= 15 is 0 Å². The van der Waals surface area contributed by atoms with Crippen LogP contribution in [0.15, 0.2) is 42.6 Å². The maximum absolute atomic E-state index is 13.2. The molecule has 0 aliphatic heterocycles. The van der Waals surface area contributed by atoms with Gasteiger partial charge in [-0.15, -0.1) is 0 Å². The number of carbonyl (C=O) groups excluding carboxylic acids is 1. The fourth-order valence-corrected chi connectivity index (χ4v) is 5.76. The lowest BCUT2D eigenvalue weighted by Gasteiger charge is -2.56. The Bertz CT molecular complexity index is 1170. The summed E-state index contributed by atoms with van der Waals surface area (Å²) in [6, 6.07) is 11.9. The van der Waals surface area contributed by atoms with Gasteiger partial charge in [-0.2, -0.15) is 5.10 Å². The van der Waals surface area contributed by atoms with Crippen LogP contribution in [-0.4, -0.2) is 26.6 Å². The number of carboxylic acids is 1. The molecular weight excluding hydrogens is 412 g/mol. The highest BCUT2D eigenvalue weighted by atomic mass is 35.5. The van der Waals surface area contributed by atoms with Crippen molar-refractivity contribution >= 4 is 34.3 Å². The van der Waals surface area contributed by atoms with E-state index in [2.05, 4.69) is 36.3 Å². The Morgan fingerprint density at radius 3 is 2.52 bits per heavy atom. The smallest absolute Gasteiger partial charge is 0.306 e. The number of fused-ring (bicyclic) bond motifs is 1. The number of halogens is 1. The maximum atomic E-state index is 13.2. The number of aryl methyl sites for hydroxylation is 1. The van der Waals surface area contributed by atoms with Crippen LogP contribution in [0.1, 0.15) is 53.6 Å². The highest BCUT2D eigenvalue weighted by molar-refractivity contribution is 6.36. The predicted molar refractivity (Wildman–Crippen MR) is 119 cm³/mol. The van der Waals surface area contributed by atoms with Crippen molar-refractivity contribution in [1.82, 2.24) is 9.78 Å². The number of aromatic nitrogens is 2. The average molecular weight is 437 g/mol. The van der Waals surface area contributed by atoms with E-state index in [9.17, 15) is 9.59 Å². The summed E-state index contributed by atoms with van der Waals surface area (Å²) < 4.78 is 1.87. The Balaban J connectivity index is 1.34. The second kappa shape index (κ2) is 7.49. The lowest BCUT2D eigenvalue weighted by molar-refractivity contribution is -0.157. The molecule has 0 bridgehead atoms. The molecule has 5 nitrogen and oxygen atoms in total. The predicted octanol–water partition coefficient (Wildman–Crippen LogP) is 5.51. The first-order valence-corrected chi connectivity index (χ1v) is 11.2. The molecule has 1 aromatic heterocycles. The molecule has 31 heavy (non-hydrogen) atoms. The lowest BCUT2D eigenvalue weighted by Crippen LogP contribution is -2.50. The molecule has 0 unspecified atom stereocenters. The summed E-state index contributed by atoms with van der Waals surface area (Å²) in [7, 11) is 0. The minimum absolute atomic E-state index is 0.112. The number of rotatable bonds is 6. The molecule has 1 heterocycles.